The lowest BCUT2D eigenvalue weighted by molar-refractivity contribution is -0.140. The van der Waals surface area contributed by atoms with Gasteiger partial charge in [-0.3, -0.25) is 13.9 Å². The van der Waals surface area contributed by atoms with E-state index in [0.717, 1.165) is 9.87 Å². The Morgan fingerprint density at radius 1 is 0.854 bits per heavy atom. The van der Waals surface area contributed by atoms with Crippen molar-refractivity contribution >= 4 is 50.7 Å². The van der Waals surface area contributed by atoms with Crippen LogP contribution in [-0.4, -0.2) is 57.5 Å². The molecule has 0 fully saturated rings. The number of ether oxygens (including phenoxy) is 2. The Balaban J connectivity index is 1.86. The third-order valence-corrected chi connectivity index (χ3v) is 9.77. The number of nitrogens with one attached hydrogen (secondary N) is 1. The number of carbonyl (C=O) groups excluding carboxylic acids is 2. The molecular formula is C36H39Cl2N3O6S. The van der Waals surface area contributed by atoms with E-state index in [-0.39, 0.29) is 29.3 Å². The number of halogens is 2. The molecule has 0 aromatic heterocycles. The SMILES string of the molecule is COc1ccc(S(=O)(=O)N(CC(=O)N(Cc2ccc(Cl)cc2Cl)[C@H](Cc2ccccc2)C(=O)NC(C)(C)C)c2ccccc2OC)cc1. The van der Waals surface area contributed by atoms with E-state index in [0.29, 0.717) is 21.4 Å². The summed E-state index contributed by atoms with van der Waals surface area (Å²) in [6.45, 7) is 4.77. The molecule has 12 heteroatoms. The number of methoxy groups -OCH3 is 2. The summed E-state index contributed by atoms with van der Waals surface area (Å²) in [4.78, 5) is 30.1. The number of para-hydroxylation sites is 2. The van der Waals surface area contributed by atoms with Crippen LogP contribution >= 0.6 is 23.2 Å². The highest BCUT2D eigenvalue weighted by Crippen LogP contribution is 2.33. The number of hydrogen-bond acceptors (Lipinski definition) is 6. The molecule has 0 heterocycles. The lowest BCUT2D eigenvalue weighted by Gasteiger charge is -2.35. The number of sulfonamides is 1. The largest absolute Gasteiger partial charge is 0.497 e. The van der Waals surface area contributed by atoms with Gasteiger partial charge in [0.2, 0.25) is 11.8 Å². The molecule has 0 saturated heterocycles. The van der Waals surface area contributed by atoms with Crippen LogP contribution in [0.2, 0.25) is 10.0 Å². The normalized spacial score (nSPS) is 12.1. The number of carbonyl (C=O) groups is 2. The minimum atomic E-state index is -4.35. The van der Waals surface area contributed by atoms with Gasteiger partial charge in [-0.25, -0.2) is 8.42 Å². The molecule has 0 aliphatic rings. The van der Waals surface area contributed by atoms with E-state index in [4.69, 9.17) is 32.7 Å². The summed E-state index contributed by atoms with van der Waals surface area (Å²) >= 11 is 12.8. The second-order valence-corrected chi connectivity index (χ2v) is 14.8. The molecule has 1 atom stereocenters. The highest BCUT2D eigenvalue weighted by atomic mass is 35.5. The molecule has 0 spiro atoms. The standard InChI is InChI=1S/C36H39Cl2N3O6S/c1-36(2,3)39-35(43)32(21-25-11-7-6-8-12-25)40(23-26-15-16-27(37)22-30(26)38)34(42)24-41(31-13-9-10-14-33(31)47-5)48(44,45)29-19-17-28(46-4)18-20-29/h6-20,22,32H,21,23-24H2,1-5H3,(H,39,43)/t32-/m1/s1. The second kappa shape index (κ2) is 15.8. The molecule has 0 bridgehead atoms. The molecule has 2 amide bonds. The molecule has 1 N–H and O–H groups in total. The Morgan fingerprint density at radius 2 is 1.50 bits per heavy atom. The summed E-state index contributed by atoms with van der Waals surface area (Å²) in [5.41, 5.74) is 0.851. The maximum Gasteiger partial charge on any atom is 0.264 e. The van der Waals surface area contributed by atoms with E-state index in [1.54, 1.807) is 42.5 Å². The van der Waals surface area contributed by atoms with E-state index in [1.165, 1.54) is 43.4 Å². The molecule has 0 aliphatic heterocycles. The monoisotopic (exact) mass is 711 g/mol. The Hall–Kier alpha value is -4.25. The van der Waals surface area contributed by atoms with Gasteiger partial charge in [0, 0.05) is 28.5 Å². The van der Waals surface area contributed by atoms with Crippen LogP contribution in [0.25, 0.3) is 0 Å². The topological polar surface area (TPSA) is 105 Å². The fourth-order valence-electron chi connectivity index (χ4n) is 5.06. The number of amides is 2. The van der Waals surface area contributed by atoms with Crippen molar-refractivity contribution in [2.75, 3.05) is 25.1 Å². The first kappa shape index (κ1) is 36.6. The van der Waals surface area contributed by atoms with E-state index in [1.807, 2.05) is 51.1 Å². The van der Waals surface area contributed by atoms with E-state index < -0.39 is 40.0 Å². The predicted octanol–water partition coefficient (Wildman–Crippen LogP) is 6.76. The quantitative estimate of drug-likeness (QED) is 0.164. The van der Waals surface area contributed by atoms with Crippen molar-refractivity contribution in [3.8, 4) is 11.5 Å². The average Bonchev–Trinajstić information content (AvgIpc) is 3.05. The van der Waals surface area contributed by atoms with Crippen LogP contribution in [0.5, 0.6) is 11.5 Å². The lowest BCUT2D eigenvalue weighted by atomic mass is 10.0. The summed E-state index contributed by atoms with van der Waals surface area (Å²) in [6.07, 6.45) is 0.152. The highest BCUT2D eigenvalue weighted by Gasteiger charge is 2.36. The summed E-state index contributed by atoms with van der Waals surface area (Å²) < 4.78 is 40.4. The van der Waals surface area contributed by atoms with E-state index in [2.05, 4.69) is 5.32 Å². The summed E-state index contributed by atoms with van der Waals surface area (Å²) in [5.74, 6) is -0.352. The first-order chi connectivity index (χ1) is 22.7. The smallest absolute Gasteiger partial charge is 0.264 e. The summed E-state index contributed by atoms with van der Waals surface area (Å²) in [6, 6.07) is 25.5. The molecule has 4 rings (SSSR count). The van der Waals surface area contributed by atoms with Gasteiger partial charge in [-0.05, 0) is 80.4 Å². The minimum Gasteiger partial charge on any atom is -0.497 e. The molecule has 0 unspecified atom stereocenters. The van der Waals surface area contributed by atoms with E-state index >= 15 is 0 Å². The van der Waals surface area contributed by atoms with Gasteiger partial charge in [-0.15, -0.1) is 0 Å². The van der Waals surface area contributed by atoms with Crippen molar-refractivity contribution in [1.82, 2.24) is 10.2 Å². The third kappa shape index (κ3) is 9.21. The van der Waals surface area contributed by atoms with Crippen molar-refractivity contribution in [3.63, 3.8) is 0 Å². The van der Waals surface area contributed by atoms with Crippen LogP contribution in [0.3, 0.4) is 0 Å². The molecular weight excluding hydrogens is 673 g/mol. The Labute approximate surface area is 292 Å². The van der Waals surface area contributed by atoms with Gasteiger partial charge in [0.1, 0.15) is 24.1 Å². The zero-order valence-corrected chi connectivity index (χ0v) is 29.8. The molecule has 0 radical (unpaired) electrons. The van der Waals surface area contributed by atoms with E-state index in [9.17, 15) is 18.0 Å². The van der Waals surface area contributed by atoms with Crippen LogP contribution in [-0.2, 0) is 32.6 Å². The van der Waals surface area contributed by atoms with Gasteiger partial charge in [-0.2, -0.15) is 0 Å². The van der Waals surface area contributed by atoms with Crippen molar-refractivity contribution < 1.29 is 27.5 Å². The lowest BCUT2D eigenvalue weighted by Crippen LogP contribution is -2.56. The van der Waals surface area contributed by atoms with Crippen LogP contribution in [0.4, 0.5) is 5.69 Å². The predicted molar refractivity (Wildman–Crippen MR) is 189 cm³/mol. The van der Waals surface area contributed by atoms with Crippen molar-refractivity contribution in [1.29, 1.82) is 0 Å². The molecule has 4 aromatic rings. The number of anilines is 1. The maximum atomic E-state index is 14.7. The first-order valence-corrected chi connectivity index (χ1v) is 17.3. The van der Waals surface area contributed by atoms with Crippen LogP contribution in [0, 0.1) is 0 Å². The van der Waals surface area contributed by atoms with Crippen molar-refractivity contribution in [2.24, 2.45) is 0 Å². The number of rotatable bonds is 13. The van der Waals surface area contributed by atoms with Crippen molar-refractivity contribution in [2.45, 2.75) is 50.2 Å². The molecule has 48 heavy (non-hydrogen) atoms. The molecule has 4 aromatic carbocycles. The van der Waals surface area contributed by atoms with Crippen LogP contribution in [0.1, 0.15) is 31.9 Å². The number of nitrogens with zero attached hydrogens (tertiary/aromatic N) is 2. The molecule has 9 nitrogen and oxygen atoms in total. The highest BCUT2D eigenvalue weighted by molar-refractivity contribution is 7.92. The Kier molecular flexibility index (Phi) is 12.0. The van der Waals surface area contributed by atoms with Gasteiger partial charge in [0.05, 0.1) is 24.8 Å². The average molecular weight is 713 g/mol. The maximum absolute atomic E-state index is 14.7. The number of hydrogen-bond donors (Lipinski definition) is 1. The Morgan fingerprint density at radius 3 is 2.10 bits per heavy atom. The third-order valence-electron chi connectivity index (χ3n) is 7.41. The molecule has 0 saturated carbocycles. The first-order valence-electron chi connectivity index (χ1n) is 15.1. The van der Waals surface area contributed by atoms with Crippen LogP contribution < -0.4 is 19.1 Å². The summed E-state index contributed by atoms with van der Waals surface area (Å²) in [7, 11) is -1.46. The summed E-state index contributed by atoms with van der Waals surface area (Å²) in [5, 5.41) is 3.70. The fourth-order valence-corrected chi connectivity index (χ4v) is 6.96. The molecule has 254 valence electrons. The van der Waals surface area contributed by atoms with Gasteiger partial charge < -0.3 is 19.7 Å². The number of benzene rings is 4. The Bertz CT molecular complexity index is 1830. The second-order valence-electron chi connectivity index (χ2n) is 12.1. The zero-order chi connectivity index (χ0) is 35.1. The van der Waals surface area contributed by atoms with Crippen LogP contribution in [0.15, 0.2) is 102 Å². The van der Waals surface area contributed by atoms with Gasteiger partial charge in [0.15, 0.2) is 0 Å². The van der Waals surface area contributed by atoms with Gasteiger partial charge in [0.25, 0.3) is 10.0 Å². The molecule has 0 aliphatic carbocycles. The zero-order valence-electron chi connectivity index (χ0n) is 27.4. The fraction of sp³-hybridized carbons (Fsp3) is 0.278. The van der Waals surface area contributed by atoms with Crippen molar-refractivity contribution in [3.05, 3.63) is 118 Å². The van der Waals surface area contributed by atoms with Gasteiger partial charge in [-0.1, -0.05) is 71.7 Å². The minimum absolute atomic E-state index is 0.0689. The van der Waals surface area contributed by atoms with Gasteiger partial charge >= 0.3 is 0 Å².